The number of nitrogens with zero attached hydrogens (tertiary/aromatic N) is 1. The van der Waals surface area contributed by atoms with E-state index >= 15 is 0 Å². The number of carbonyl (C=O) groups excluding carboxylic acids is 2. The van der Waals surface area contributed by atoms with E-state index in [1.165, 1.54) is 116 Å². The first-order chi connectivity index (χ1) is 27.3. The molecule has 0 heterocycles. The molecule has 0 aliphatic carbocycles. The number of esters is 2. The van der Waals surface area contributed by atoms with Gasteiger partial charge < -0.3 is 24.6 Å². The van der Waals surface area contributed by atoms with Gasteiger partial charge in [-0.25, -0.2) is 0 Å². The number of hydrogen-bond donors (Lipinski definition) is 2. The van der Waals surface area contributed by atoms with E-state index in [2.05, 4.69) is 39.5 Å². The minimum Gasteiger partial charge on any atom is -0.466 e. The monoisotopic (exact) mass is 796 g/mol. The van der Waals surface area contributed by atoms with E-state index in [9.17, 15) is 19.8 Å². The SMILES string of the molecule is CCCCCCCC(CCCCC)CCOC(=O)CCCCC(O)CN(CCCCCO)CCCCCCC(=O)OCCC(C)C(CCCC)CCCCCC. The average molecular weight is 796 g/mol. The van der Waals surface area contributed by atoms with Crippen molar-refractivity contribution < 1.29 is 29.3 Å². The zero-order chi connectivity index (χ0) is 41.3. The summed E-state index contributed by atoms with van der Waals surface area (Å²) in [7, 11) is 0. The number of aliphatic hydroxyl groups excluding tert-OH is 2. The van der Waals surface area contributed by atoms with Crippen molar-refractivity contribution in [2.24, 2.45) is 17.8 Å². The van der Waals surface area contributed by atoms with Crippen LogP contribution in [0.3, 0.4) is 0 Å². The van der Waals surface area contributed by atoms with Crippen LogP contribution in [0.25, 0.3) is 0 Å². The molecule has 0 aromatic rings. The number of carbonyl (C=O) groups is 2. The van der Waals surface area contributed by atoms with Crippen molar-refractivity contribution in [1.82, 2.24) is 4.90 Å². The molecule has 0 aromatic heterocycles. The van der Waals surface area contributed by atoms with Crippen molar-refractivity contribution in [3.05, 3.63) is 0 Å². The maximum absolute atomic E-state index is 12.5. The maximum atomic E-state index is 12.5. The van der Waals surface area contributed by atoms with Crippen molar-refractivity contribution in [3.8, 4) is 0 Å². The van der Waals surface area contributed by atoms with Gasteiger partial charge in [0.05, 0.1) is 19.3 Å². The number of ether oxygens (including phenoxy) is 2. The van der Waals surface area contributed by atoms with Gasteiger partial charge in [-0.1, -0.05) is 169 Å². The van der Waals surface area contributed by atoms with Crippen LogP contribution in [0.5, 0.6) is 0 Å². The zero-order valence-electron chi connectivity index (χ0n) is 38.2. The summed E-state index contributed by atoms with van der Waals surface area (Å²) in [6.07, 6.45) is 34.9. The third-order valence-electron chi connectivity index (χ3n) is 12.1. The Bertz CT molecular complexity index is 839. The van der Waals surface area contributed by atoms with E-state index in [-0.39, 0.29) is 18.5 Å². The number of hydrogen-bond acceptors (Lipinski definition) is 7. The van der Waals surface area contributed by atoms with Crippen LogP contribution >= 0.6 is 0 Å². The fourth-order valence-corrected chi connectivity index (χ4v) is 8.16. The lowest BCUT2D eigenvalue weighted by Crippen LogP contribution is -2.34. The van der Waals surface area contributed by atoms with Gasteiger partial charge in [0.25, 0.3) is 0 Å². The minimum absolute atomic E-state index is 0.0536. The predicted molar refractivity (Wildman–Crippen MR) is 238 cm³/mol. The lowest BCUT2D eigenvalue weighted by molar-refractivity contribution is -0.145. The summed E-state index contributed by atoms with van der Waals surface area (Å²) >= 11 is 0. The Kier molecular flexibility index (Phi) is 41.1. The van der Waals surface area contributed by atoms with Gasteiger partial charge >= 0.3 is 11.9 Å². The first-order valence-corrected chi connectivity index (χ1v) is 24.6. The van der Waals surface area contributed by atoms with Gasteiger partial charge in [0.15, 0.2) is 0 Å². The highest BCUT2D eigenvalue weighted by atomic mass is 16.5. The molecule has 4 atom stereocenters. The predicted octanol–water partition coefficient (Wildman–Crippen LogP) is 13.2. The van der Waals surface area contributed by atoms with E-state index in [4.69, 9.17) is 9.47 Å². The van der Waals surface area contributed by atoms with E-state index in [1.807, 2.05) is 0 Å². The van der Waals surface area contributed by atoms with Crippen LogP contribution in [-0.4, -0.2) is 72.6 Å². The molecule has 0 aromatic carbocycles. The quantitative estimate of drug-likeness (QED) is 0.0468. The number of unbranched alkanes of at least 4 members (excludes halogenated alkanes) is 16. The van der Waals surface area contributed by atoms with Gasteiger partial charge in [-0.3, -0.25) is 9.59 Å². The summed E-state index contributed by atoms with van der Waals surface area (Å²) in [5, 5.41) is 20.1. The summed E-state index contributed by atoms with van der Waals surface area (Å²) in [5.41, 5.74) is 0. The first kappa shape index (κ1) is 54.8. The van der Waals surface area contributed by atoms with E-state index in [1.54, 1.807) is 0 Å². The fourth-order valence-electron chi connectivity index (χ4n) is 8.16. The normalized spacial score (nSPS) is 13.9. The molecule has 7 nitrogen and oxygen atoms in total. The van der Waals surface area contributed by atoms with Crippen LogP contribution in [-0.2, 0) is 19.1 Å². The topological polar surface area (TPSA) is 96.3 Å². The highest BCUT2D eigenvalue weighted by Crippen LogP contribution is 2.27. The molecule has 0 rings (SSSR count). The standard InChI is InChI=1S/C49H97NO6/c1-6-10-14-16-21-30-45(29-20-12-8-3)37-42-56-49(54)35-25-24-33-47(52)43-50(39-27-19-28-40-51)38-26-18-17-23-34-48(53)55-41-36-44(5)46(31-13-9-4)32-22-15-11-7-2/h44-47,51-52H,6-43H2,1-5H3. The summed E-state index contributed by atoms with van der Waals surface area (Å²) in [6.45, 7) is 15.2. The molecule has 0 saturated heterocycles. The highest BCUT2D eigenvalue weighted by molar-refractivity contribution is 5.69. The molecule has 0 radical (unpaired) electrons. The Balaban J connectivity index is 4.36. The Morgan fingerprint density at radius 2 is 0.946 bits per heavy atom. The smallest absolute Gasteiger partial charge is 0.305 e. The molecule has 56 heavy (non-hydrogen) atoms. The second kappa shape index (κ2) is 42.0. The second-order valence-electron chi connectivity index (χ2n) is 17.5. The molecule has 0 aliphatic heterocycles. The molecule has 0 fully saturated rings. The van der Waals surface area contributed by atoms with E-state index in [0.29, 0.717) is 50.9 Å². The third kappa shape index (κ3) is 35.9. The second-order valence-corrected chi connectivity index (χ2v) is 17.5. The summed E-state index contributed by atoms with van der Waals surface area (Å²) < 4.78 is 11.3. The van der Waals surface area contributed by atoms with Crippen molar-refractivity contribution >= 4 is 11.9 Å². The molecule has 4 unspecified atom stereocenters. The van der Waals surface area contributed by atoms with Gasteiger partial charge in [0.2, 0.25) is 0 Å². The minimum atomic E-state index is -0.412. The van der Waals surface area contributed by atoms with Crippen molar-refractivity contribution in [3.63, 3.8) is 0 Å². The van der Waals surface area contributed by atoms with E-state index in [0.717, 1.165) is 89.6 Å². The molecule has 0 saturated carbocycles. The average Bonchev–Trinajstić information content (AvgIpc) is 3.18. The zero-order valence-corrected chi connectivity index (χ0v) is 38.2. The number of aliphatic hydroxyl groups is 2. The molecule has 7 heteroatoms. The maximum Gasteiger partial charge on any atom is 0.305 e. The summed E-state index contributed by atoms with van der Waals surface area (Å²) in [4.78, 5) is 27.3. The van der Waals surface area contributed by atoms with Crippen molar-refractivity contribution in [1.29, 1.82) is 0 Å². The molecular formula is C49H97NO6. The van der Waals surface area contributed by atoms with Crippen LogP contribution in [0.15, 0.2) is 0 Å². The van der Waals surface area contributed by atoms with Crippen LogP contribution < -0.4 is 0 Å². The Hall–Kier alpha value is -1.18. The molecular weight excluding hydrogens is 699 g/mol. The Morgan fingerprint density at radius 3 is 1.57 bits per heavy atom. The van der Waals surface area contributed by atoms with Crippen molar-refractivity contribution in [2.45, 2.75) is 246 Å². The molecule has 2 N–H and O–H groups in total. The van der Waals surface area contributed by atoms with E-state index < -0.39 is 6.10 Å². The highest BCUT2D eigenvalue weighted by Gasteiger charge is 2.18. The lowest BCUT2D eigenvalue weighted by Gasteiger charge is -2.25. The lowest BCUT2D eigenvalue weighted by atomic mass is 9.83. The van der Waals surface area contributed by atoms with Gasteiger partial charge in [-0.2, -0.15) is 0 Å². The first-order valence-electron chi connectivity index (χ1n) is 24.6. The largest absolute Gasteiger partial charge is 0.466 e. The van der Waals surface area contributed by atoms with Gasteiger partial charge in [-0.05, 0) is 88.6 Å². The van der Waals surface area contributed by atoms with Crippen LogP contribution in [0.4, 0.5) is 0 Å². The van der Waals surface area contributed by atoms with Crippen LogP contribution in [0.2, 0.25) is 0 Å². The van der Waals surface area contributed by atoms with Crippen molar-refractivity contribution in [2.75, 3.05) is 39.5 Å². The van der Waals surface area contributed by atoms with Gasteiger partial charge in [0, 0.05) is 26.0 Å². The fraction of sp³-hybridized carbons (Fsp3) is 0.959. The molecule has 0 bridgehead atoms. The van der Waals surface area contributed by atoms with Gasteiger partial charge in [0.1, 0.15) is 0 Å². The molecule has 334 valence electrons. The van der Waals surface area contributed by atoms with Crippen LogP contribution in [0.1, 0.15) is 240 Å². The Labute approximate surface area is 348 Å². The van der Waals surface area contributed by atoms with Crippen LogP contribution in [0, 0.1) is 17.8 Å². The molecule has 0 spiro atoms. The Morgan fingerprint density at radius 1 is 0.500 bits per heavy atom. The van der Waals surface area contributed by atoms with Gasteiger partial charge in [-0.15, -0.1) is 0 Å². The molecule has 0 amide bonds. The third-order valence-corrected chi connectivity index (χ3v) is 12.1. The summed E-state index contributed by atoms with van der Waals surface area (Å²) in [6, 6.07) is 0. The molecule has 0 aliphatic rings. The number of rotatable bonds is 44. The summed E-state index contributed by atoms with van der Waals surface area (Å²) in [5.74, 6) is 1.87.